The summed E-state index contributed by atoms with van der Waals surface area (Å²) >= 11 is 1.52. The van der Waals surface area contributed by atoms with Gasteiger partial charge in [0.05, 0.1) is 33.9 Å². The minimum absolute atomic E-state index is 0.00165. The van der Waals surface area contributed by atoms with Gasteiger partial charge in [-0.15, -0.1) is 11.3 Å². The summed E-state index contributed by atoms with van der Waals surface area (Å²) in [6.07, 6.45) is 0.252. The number of alkyl carbamates (subject to hydrolysis) is 1. The highest BCUT2D eigenvalue weighted by molar-refractivity contribution is 7.13. The van der Waals surface area contributed by atoms with Crippen molar-refractivity contribution in [2.24, 2.45) is 5.41 Å². The molecule has 0 unspecified atom stereocenters. The molecular weight excluding hydrogens is 506 g/mol. The zero-order valence-electron chi connectivity index (χ0n) is 23.4. The molecule has 3 N–H and O–H groups in total. The van der Waals surface area contributed by atoms with Gasteiger partial charge in [-0.2, -0.15) is 0 Å². The van der Waals surface area contributed by atoms with Crippen molar-refractivity contribution in [3.8, 4) is 10.6 Å². The third-order valence-corrected chi connectivity index (χ3v) is 7.21. The molecule has 2 aromatic heterocycles. The van der Waals surface area contributed by atoms with E-state index in [9.17, 15) is 19.5 Å². The standard InChI is InChI=1S/C27H39N5O5S/c1-15(17-9-10-19(28-12-17)21-16(2)29-14-38-21)30-23(34)20-11-18(33)13-32(20)24(35)22(26(3,4)5)31-25(36)37-27(6,7)8/h9-10,12,14-15,18,20,22,33H,11,13H2,1-8H3,(H,30,34)(H,31,36)/t15-,18+,20-,22+/m0/s1. The monoisotopic (exact) mass is 545 g/mol. The zero-order valence-corrected chi connectivity index (χ0v) is 24.2. The predicted molar refractivity (Wildman–Crippen MR) is 145 cm³/mol. The summed E-state index contributed by atoms with van der Waals surface area (Å²) in [5.41, 5.74) is 2.91. The summed E-state index contributed by atoms with van der Waals surface area (Å²) in [5.74, 6) is -0.826. The van der Waals surface area contributed by atoms with E-state index in [1.54, 1.807) is 32.5 Å². The number of nitrogens with one attached hydrogen (secondary N) is 2. The molecule has 1 aliphatic heterocycles. The molecule has 0 bridgehead atoms. The lowest BCUT2D eigenvalue weighted by Gasteiger charge is -2.35. The zero-order chi connectivity index (χ0) is 28.4. The molecule has 11 heteroatoms. The molecule has 0 aliphatic carbocycles. The van der Waals surface area contributed by atoms with E-state index in [2.05, 4.69) is 20.6 Å². The molecule has 0 saturated carbocycles. The van der Waals surface area contributed by atoms with Crippen molar-refractivity contribution in [2.45, 2.75) is 91.6 Å². The van der Waals surface area contributed by atoms with Crippen LogP contribution in [0.4, 0.5) is 4.79 Å². The number of carbonyl (C=O) groups is 3. The van der Waals surface area contributed by atoms with E-state index in [1.807, 2.05) is 46.8 Å². The average Bonchev–Trinajstić information content (AvgIpc) is 3.40. The molecule has 208 valence electrons. The molecule has 1 fully saturated rings. The first-order valence-electron chi connectivity index (χ1n) is 12.7. The van der Waals surface area contributed by atoms with Crippen LogP contribution in [-0.4, -0.2) is 68.2 Å². The number of aromatic nitrogens is 2. The summed E-state index contributed by atoms with van der Waals surface area (Å²) in [6.45, 7) is 14.4. The molecule has 0 spiro atoms. The van der Waals surface area contributed by atoms with Gasteiger partial charge in [-0.1, -0.05) is 26.8 Å². The smallest absolute Gasteiger partial charge is 0.408 e. The van der Waals surface area contributed by atoms with Crippen LogP contribution in [0.5, 0.6) is 0 Å². The largest absolute Gasteiger partial charge is 0.444 e. The van der Waals surface area contributed by atoms with Crippen molar-refractivity contribution >= 4 is 29.2 Å². The lowest BCUT2D eigenvalue weighted by Crippen LogP contribution is -2.58. The highest BCUT2D eigenvalue weighted by Crippen LogP contribution is 2.28. The van der Waals surface area contributed by atoms with Crippen molar-refractivity contribution in [1.82, 2.24) is 25.5 Å². The third kappa shape index (κ3) is 7.28. The van der Waals surface area contributed by atoms with Crippen LogP contribution in [0.25, 0.3) is 10.6 Å². The van der Waals surface area contributed by atoms with Gasteiger partial charge >= 0.3 is 6.09 Å². The topological polar surface area (TPSA) is 134 Å². The van der Waals surface area contributed by atoms with Gasteiger partial charge in [0.1, 0.15) is 17.7 Å². The number of likely N-dealkylation sites (tertiary alicyclic amines) is 1. The van der Waals surface area contributed by atoms with E-state index in [0.29, 0.717) is 0 Å². The maximum absolute atomic E-state index is 13.6. The number of carbonyl (C=O) groups excluding carboxylic acids is 3. The van der Waals surface area contributed by atoms with Crippen LogP contribution in [0.1, 0.15) is 72.2 Å². The van der Waals surface area contributed by atoms with Gasteiger partial charge in [-0.05, 0) is 51.7 Å². The van der Waals surface area contributed by atoms with E-state index in [4.69, 9.17) is 4.74 Å². The number of thiazole rings is 1. The van der Waals surface area contributed by atoms with Gasteiger partial charge < -0.3 is 25.4 Å². The third-order valence-electron chi connectivity index (χ3n) is 6.26. The lowest BCUT2D eigenvalue weighted by atomic mass is 9.85. The number of nitrogens with zero attached hydrogens (tertiary/aromatic N) is 3. The molecule has 1 saturated heterocycles. The molecule has 0 aromatic carbocycles. The van der Waals surface area contributed by atoms with Crippen LogP contribution >= 0.6 is 11.3 Å². The molecule has 4 atom stereocenters. The van der Waals surface area contributed by atoms with E-state index in [1.165, 1.54) is 16.2 Å². The number of hydrogen-bond acceptors (Lipinski definition) is 8. The fraction of sp³-hybridized carbons (Fsp3) is 0.593. The minimum Gasteiger partial charge on any atom is -0.444 e. The van der Waals surface area contributed by atoms with E-state index >= 15 is 0 Å². The molecule has 3 amide bonds. The van der Waals surface area contributed by atoms with Gasteiger partial charge in [-0.25, -0.2) is 9.78 Å². The molecule has 38 heavy (non-hydrogen) atoms. The van der Waals surface area contributed by atoms with Gasteiger partial charge in [-0.3, -0.25) is 14.6 Å². The molecule has 1 aliphatic rings. The van der Waals surface area contributed by atoms with Crippen molar-refractivity contribution in [1.29, 1.82) is 0 Å². The molecule has 2 aromatic rings. The number of aliphatic hydroxyl groups is 1. The predicted octanol–water partition coefficient (Wildman–Crippen LogP) is 3.59. The second kappa shape index (κ2) is 11.4. The Morgan fingerprint density at radius 3 is 2.34 bits per heavy atom. The Kier molecular flexibility index (Phi) is 8.82. The summed E-state index contributed by atoms with van der Waals surface area (Å²) in [4.78, 5) is 50.6. The van der Waals surface area contributed by atoms with Crippen LogP contribution in [0.15, 0.2) is 23.8 Å². The van der Waals surface area contributed by atoms with E-state index in [-0.39, 0.29) is 24.9 Å². The van der Waals surface area contributed by atoms with Gasteiger partial charge in [0, 0.05) is 19.2 Å². The van der Waals surface area contributed by atoms with E-state index < -0.39 is 41.2 Å². The van der Waals surface area contributed by atoms with Crippen LogP contribution in [-0.2, 0) is 14.3 Å². The average molecular weight is 546 g/mol. The summed E-state index contributed by atoms with van der Waals surface area (Å²) in [5, 5.41) is 16.0. The van der Waals surface area contributed by atoms with Crippen molar-refractivity contribution < 1.29 is 24.2 Å². The Bertz CT molecular complexity index is 1150. The van der Waals surface area contributed by atoms with Gasteiger partial charge in [0.2, 0.25) is 11.8 Å². The van der Waals surface area contributed by atoms with Crippen molar-refractivity contribution in [3.05, 3.63) is 35.1 Å². The number of aryl methyl sites for hydroxylation is 1. The second-order valence-electron chi connectivity index (χ2n) is 11.8. The van der Waals surface area contributed by atoms with Crippen LogP contribution in [0.2, 0.25) is 0 Å². The summed E-state index contributed by atoms with van der Waals surface area (Å²) < 4.78 is 5.35. The number of β-amino-alcohol motifs (C(OH)–C–C–N with tert-alkyl or cyclic N) is 1. The molecule has 3 heterocycles. The Hall–Kier alpha value is -3.05. The second-order valence-corrected chi connectivity index (χ2v) is 12.7. The van der Waals surface area contributed by atoms with Crippen molar-refractivity contribution in [2.75, 3.05) is 6.54 Å². The first-order chi connectivity index (χ1) is 17.6. The van der Waals surface area contributed by atoms with Crippen molar-refractivity contribution in [3.63, 3.8) is 0 Å². The Morgan fingerprint density at radius 1 is 1.13 bits per heavy atom. The fourth-order valence-corrected chi connectivity index (χ4v) is 5.06. The quantitative estimate of drug-likeness (QED) is 0.505. The number of aliphatic hydroxyl groups excluding tert-OH is 1. The highest BCUT2D eigenvalue weighted by Gasteiger charge is 2.45. The van der Waals surface area contributed by atoms with Crippen LogP contribution in [0.3, 0.4) is 0 Å². The maximum Gasteiger partial charge on any atom is 0.408 e. The first-order valence-corrected chi connectivity index (χ1v) is 13.6. The SMILES string of the molecule is Cc1ncsc1-c1ccc([C@H](C)NC(=O)[C@@H]2C[C@@H](O)CN2C(=O)[C@@H](NC(=O)OC(C)(C)C)C(C)(C)C)cn1. The molecular formula is C27H39N5O5S. The summed E-state index contributed by atoms with van der Waals surface area (Å²) in [7, 11) is 0. The highest BCUT2D eigenvalue weighted by atomic mass is 32.1. The number of pyridine rings is 1. The van der Waals surface area contributed by atoms with Crippen LogP contribution in [0, 0.1) is 12.3 Å². The van der Waals surface area contributed by atoms with Gasteiger partial charge in [0.15, 0.2) is 0 Å². The van der Waals surface area contributed by atoms with Gasteiger partial charge in [0.25, 0.3) is 0 Å². The first kappa shape index (κ1) is 29.5. The Labute approximate surface area is 228 Å². The van der Waals surface area contributed by atoms with E-state index in [0.717, 1.165) is 21.8 Å². The molecule has 10 nitrogen and oxygen atoms in total. The van der Waals surface area contributed by atoms with Crippen LogP contribution < -0.4 is 10.6 Å². The lowest BCUT2D eigenvalue weighted by molar-refractivity contribution is -0.142. The fourth-order valence-electron chi connectivity index (χ4n) is 4.28. The number of ether oxygens (including phenoxy) is 1. The normalized spacial score (nSPS) is 19.6. The number of hydrogen-bond donors (Lipinski definition) is 3. The molecule has 3 rings (SSSR count). The molecule has 0 radical (unpaired) electrons. The minimum atomic E-state index is -0.956. The number of amides is 3. The summed E-state index contributed by atoms with van der Waals surface area (Å²) in [6, 6.07) is 1.59. The Balaban J connectivity index is 1.72. The Morgan fingerprint density at radius 2 is 1.82 bits per heavy atom. The number of rotatable bonds is 6. The maximum atomic E-state index is 13.6.